The summed E-state index contributed by atoms with van der Waals surface area (Å²) in [4.78, 5) is 32.1. The third-order valence-electron chi connectivity index (χ3n) is 3.91. The van der Waals surface area contributed by atoms with Crippen LogP contribution in [0.15, 0.2) is 36.8 Å². The lowest BCUT2D eigenvalue weighted by Crippen LogP contribution is -2.29. The summed E-state index contributed by atoms with van der Waals surface area (Å²) in [7, 11) is 0. The highest BCUT2D eigenvalue weighted by molar-refractivity contribution is 6.02. The maximum atomic E-state index is 14.4. The van der Waals surface area contributed by atoms with Gasteiger partial charge in [0.1, 0.15) is 11.5 Å². The predicted octanol–water partition coefficient (Wildman–Crippen LogP) is 2.68. The number of halogens is 1. The number of nitrogens with zero attached hydrogens (tertiary/aromatic N) is 3. The zero-order valence-corrected chi connectivity index (χ0v) is 12.6. The lowest BCUT2D eigenvalue weighted by atomic mass is 10.0. The number of likely N-dealkylation sites (tertiary alicyclic amines) is 1. The molecule has 3 rings (SSSR count). The summed E-state index contributed by atoms with van der Waals surface area (Å²) in [5, 5.41) is 11.7. The molecule has 7 nitrogen and oxygen atoms in total. The molecule has 0 saturated carbocycles. The van der Waals surface area contributed by atoms with Crippen LogP contribution in [0.1, 0.15) is 34.9 Å². The van der Waals surface area contributed by atoms with E-state index in [4.69, 9.17) is 5.11 Å². The number of anilines is 1. The van der Waals surface area contributed by atoms with Crippen molar-refractivity contribution in [2.75, 3.05) is 11.9 Å². The van der Waals surface area contributed by atoms with Gasteiger partial charge >= 0.3 is 6.09 Å². The van der Waals surface area contributed by atoms with Gasteiger partial charge < -0.3 is 15.3 Å². The third-order valence-corrected chi connectivity index (χ3v) is 3.91. The molecule has 0 spiro atoms. The van der Waals surface area contributed by atoms with Crippen molar-refractivity contribution >= 4 is 17.7 Å². The van der Waals surface area contributed by atoms with Gasteiger partial charge in [-0.3, -0.25) is 9.78 Å². The van der Waals surface area contributed by atoms with Gasteiger partial charge in [0.05, 0.1) is 12.2 Å². The molecule has 2 amide bonds. The maximum absolute atomic E-state index is 14.4. The summed E-state index contributed by atoms with van der Waals surface area (Å²) in [6, 6.07) is 3.74. The molecule has 124 valence electrons. The monoisotopic (exact) mass is 330 g/mol. The SMILES string of the molecule is O=C(Nc1ccc(C2CCCN2C(=O)O)c(F)c1)c1cnccn1. The van der Waals surface area contributed by atoms with E-state index in [9.17, 15) is 14.0 Å². The minimum Gasteiger partial charge on any atom is -0.465 e. The minimum absolute atomic E-state index is 0.120. The molecular formula is C16H15FN4O3. The summed E-state index contributed by atoms with van der Waals surface area (Å²) in [6.07, 6.45) is 4.36. The van der Waals surface area contributed by atoms with Crippen molar-refractivity contribution in [3.8, 4) is 0 Å². The smallest absolute Gasteiger partial charge is 0.407 e. The highest BCUT2D eigenvalue weighted by Gasteiger charge is 2.31. The number of hydrogen-bond donors (Lipinski definition) is 2. The van der Waals surface area contributed by atoms with E-state index >= 15 is 0 Å². The van der Waals surface area contributed by atoms with Crippen molar-refractivity contribution in [3.63, 3.8) is 0 Å². The Hall–Kier alpha value is -3.03. The normalized spacial score (nSPS) is 16.9. The topological polar surface area (TPSA) is 95.4 Å². The van der Waals surface area contributed by atoms with Crippen LogP contribution >= 0.6 is 0 Å². The molecule has 1 aliphatic rings. The fourth-order valence-corrected chi connectivity index (χ4v) is 2.81. The average molecular weight is 330 g/mol. The van der Waals surface area contributed by atoms with Crippen molar-refractivity contribution in [1.82, 2.24) is 14.9 Å². The van der Waals surface area contributed by atoms with Crippen LogP contribution in [0, 0.1) is 5.82 Å². The average Bonchev–Trinajstić information content (AvgIpc) is 3.05. The number of hydrogen-bond acceptors (Lipinski definition) is 4. The quantitative estimate of drug-likeness (QED) is 0.902. The number of carbonyl (C=O) groups is 2. The zero-order chi connectivity index (χ0) is 17.1. The first kappa shape index (κ1) is 15.9. The zero-order valence-electron chi connectivity index (χ0n) is 12.6. The van der Waals surface area contributed by atoms with E-state index in [0.717, 1.165) is 0 Å². The van der Waals surface area contributed by atoms with Crippen molar-refractivity contribution in [2.45, 2.75) is 18.9 Å². The molecular weight excluding hydrogens is 315 g/mol. The molecule has 0 aliphatic carbocycles. The van der Waals surface area contributed by atoms with Crippen LogP contribution in [-0.2, 0) is 0 Å². The van der Waals surface area contributed by atoms with Gasteiger partial charge in [-0.1, -0.05) is 6.07 Å². The van der Waals surface area contributed by atoms with E-state index < -0.39 is 23.9 Å². The van der Waals surface area contributed by atoms with Gasteiger partial charge in [0.15, 0.2) is 0 Å². The largest absolute Gasteiger partial charge is 0.465 e. The van der Waals surface area contributed by atoms with Gasteiger partial charge in [-0.2, -0.15) is 0 Å². The van der Waals surface area contributed by atoms with Crippen LogP contribution in [0.25, 0.3) is 0 Å². The number of carboxylic acid groups (broad SMARTS) is 1. The van der Waals surface area contributed by atoms with E-state index in [1.807, 2.05) is 0 Å². The Morgan fingerprint density at radius 2 is 2.17 bits per heavy atom. The number of nitrogens with one attached hydrogen (secondary N) is 1. The van der Waals surface area contributed by atoms with Crippen molar-refractivity contribution in [2.24, 2.45) is 0 Å². The molecule has 2 N–H and O–H groups in total. The fourth-order valence-electron chi connectivity index (χ4n) is 2.81. The third kappa shape index (κ3) is 3.17. The van der Waals surface area contributed by atoms with Gasteiger partial charge in [-0.05, 0) is 25.0 Å². The van der Waals surface area contributed by atoms with E-state index in [1.54, 1.807) is 6.07 Å². The molecule has 1 unspecified atom stereocenters. The van der Waals surface area contributed by atoms with Gasteiger partial charge in [0.25, 0.3) is 5.91 Å². The summed E-state index contributed by atoms with van der Waals surface area (Å²) in [5.74, 6) is -1.05. The fraction of sp³-hybridized carbons (Fsp3) is 0.250. The molecule has 24 heavy (non-hydrogen) atoms. The Labute approximate surface area is 137 Å². The molecule has 1 aromatic heterocycles. The Balaban J connectivity index is 1.78. The van der Waals surface area contributed by atoms with E-state index in [-0.39, 0.29) is 11.4 Å². The lowest BCUT2D eigenvalue weighted by molar-refractivity contribution is 0.102. The van der Waals surface area contributed by atoms with Crippen molar-refractivity contribution < 1.29 is 19.1 Å². The molecule has 8 heteroatoms. The summed E-state index contributed by atoms with van der Waals surface area (Å²) in [6.45, 7) is 0.393. The first-order chi connectivity index (χ1) is 11.6. The number of aromatic nitrogens is 2. The Morgan fingerprint density at radius 3 is 2.83 bits per heavy atom. The minimum atomic E-state index is -1.06. The van der Waals surface area contributed by atoms with E-state index in [0.29, 0.717) is 24.9 Å². The Bertz CT molecular complexity index is 769. The van der Waals surface area contributed by atoms with Crippen LogP contribution in [0.2, 0.25) is 0 Å². The second kappa shape index (κ2) is 6.61. The van der Waals surface area contributed by atoms with Gasteiger partial charge in [0, 0.05) is 30.2 Å². The van der Waals surface area contributed by atoms with Crippen LogP contribution < -0.4 is 5.32 Å². The molecule has 1 aliphatic heterocycles. The van der Waals surface area contributed by atoms with Crippen LogP contribution in [0.5, 0.6) is 0 Å². The van der Waals surface area contributed by atoms with Gasteiger partial charge in [-0.15, -0.1) is 0 Å². The standard InChI is InChI=1S/C16H15FN4O3/c17-12-8-10(20-15(22)13-9-18-5-6-19-13)3-4-11(12)14-2-1-7-21(14)16(23)24/h3-6,8-9,14H,1-2,7H2,(H,20,22)(H,23,24). The van der Waals surface area contributed by atoms with E-state index in [2.05, 4.69) is 15.3 Å². The van der Waals surface area contributed by atoms with Crippen LogP contribution in [-0.4, -0.2) is 38.5 Å². The summed E-state index contributed by atoms with van der Waals surface area (Å²) in [5.41, 5.74) is 0.703. The highest BCUT2D eigenvalue weighted by atomic mass is 19.1. The molecule has 1 fully saturated rings. The molecule has 2 aromatic rings. The molecule has 0 radical (unpaired) electrons. The maximum Gasteiger partial charge on any atom is 0.407 e. The Morgan fingerprint density at radius 1 is 1.33 bits per heavy atom. The molecule has 1 atom stereocenters. The van der Waals surface area contributed by atoms with Crippen LogP contribution in [0.4, 0.5) is 14.9 Å². The Kier molecular flexibility index (Phi) is 4.37. The molecule has 1 saturated heterocycles. The summed E-state index contributed by atoms with van der Waals surface area (Å²) >= 11 is 0. The lowest BCUT2D eigenvalue weighted by Gasteiger charge is -2.22. The number of benzene rings is 1. The first-order valence-corrected chi connectivity index (χ1v) is 7.42. The van der Waals surface area contributed by atoms with Crippen LogP contribution in [0.3, 0.4) is 0 Å². The highest BCUT2D eigenvalue weighted by Crippen LogP contribution is 2.34. The second-order valence-electron chi connectivity index (χ2n) is 5.42. The number of carbonyl (C=O) groups excluding carboxylic acids is 1. The molecule has 2 heterocycles. The molecule has 0 bridgehead atoms. The molecule has 1 aromatic carbocycles. The van der Waals surface area contributed by atoms with Gasteiger partial charge in [-0.25, -0.2) is 14.2 Å². The van der Waals surface area contributed by atoms with Gasteiger partial charge in [0.2, 0.25) is 0 Å². The number of amides is 2. The van der Waals surface area contributed by atoms with E-state index in [1.165, 1.54) is 35.6 Å². The van der Waals surface area contributed by atoms with Crippen molar-refractivity contribution in [3.05, 3.63) is 53.9 Å². The second-order valence-corrected chi connectivity index (χ2v) is 5.42. The number of rotatable bonds is 3. The predicted molar refractivity (Wildman–Crippen MR) is 83.1 cm³/mol. The van der Waals surface area contributed by atoms with Crippen molar-refractivity contribution in [1.29, 1.82) is 0 Å². The summed E-state index contributed by atoms with van der Waals surface area (Å²) < 4.78 is 14.4. The first-order valence-electron chi connectivity index (χ1n) is 7.42.